The molecule has 0 N–H and O–H groups in total. The highest BCUT2D eigenvalue weighted by molar-refractivity contribution is 5.80. The Bertz CT molecular complexity index is 974. The average Bonchev–Trinajstić information content (AvgIpc) is 3.10. The van der Waals surface area contributed by atoms with Gasteiger partial charge in [0.2, 0.25) is 0 Å². The number of ether oxygens (including phenoxy) is 1. The van der Waals surface area contributed by atoms with Crippen LogP contribution in [0.1, 0.15) is 5.56 Å². The lowest BCUT2D eigenvalue weighted by molar-refractivity contribution is 0.306. The topological polar surface area (TPSA) is 27.1 Å². The van der Waals surface area contributed by atoms with Crippen molar-refractivity contribution in [3.8, 4) is 28.1 Å². The quantitative estimate of drug-likeness (QED) is 0.491. The molecule has 0 aliphatic rings. The van der Waals surface area contributed by atoms with Gasteiger partial charge in [-0.3, -0.25) is 4.68 Å². The van der Waals surface area contributed by atoms with Crippen LogP contribution in [-0.2, 0) is 13.7 Å². The van der Waals surface area contributed by atoms with E-state index in [1.165, 1.54) is 5.56 Å². The minimum Gasteiger partial charge on any atom is -0.489 e. The first-order valence-electron chi connectivity index (χ1n) is 8.66. The molecule has 0 aliphatic carbocycles. The predicted octanol–water partition coefficient (Wildman–Crippen LogP) is 5.33. The SMILES string of the molecule is Cn1cc(-c2ccccc2)c(-c2ccc(OCc3ccccc3)cc2)n1. The Kier molecular flexibility index (Phi) is 4.52. The van der Waals surface area contributed by atoms with Crippen molar-refractivity contribution in [2.75, 3.05) is 0 Å². The largest absolute Gasteiger partial charge is 0.489 e. The molecule has 0 bridgehead atoms. The monoisotopic (exact) mass is 340 g/mol. The summed E-state index contributed by atoms with van der Waals surface area (Å²) in [6, 6.07) is 28.7. The van der Waals surface area contributed by atoms with Crippen LogP contribution < -0.4 is 4.74 Å². The summed E-state index contributed by atoms with van der Waals surface area (Å²) in [5.74, 6) is 0.856. The molecule has 3 heteroatoms. The highest BCUT2D eigenvalue weighted by Crippen LogP contribution is 2.31. The van der Waals surface area contributed by atoms with Crippen LogP contribution in [0.3, 0.4) is 0 Å². The zero-order valence-electron chi connectivity index (χ0n) is 14.7. The molecule has 0 aliphatic heterocycles. The number of aromatic nitrogens is 2. The molecule has 0 atom stereocenters. The van der Waals surface area contributed by atoms with Crippen LogP contribution in [0.15, 0.2) is 91.1 Å². The molecule has 0 saturated carbocycles. The Labute approximate surface area is 153 Å². The van der Waals surface area contributed by atoms with Crippen LogP contribution in [0.25, 0.3) is 22.4 Å². The number of rotatable bonds is 5. The zero-order valence-corrected chi connectivity index (χ0v) is 14.7. The number of hydrogen-bond acceptors (Lipinski definition) is 2. The lowest BCUT2D eigenvalue weighted by Gasteiger charge is -2.07. The van der Waals surface area contributed by atoms with E-state index in [1.54, 1.807) is 0 Å². The van der Waals surface area contributed by atoms with Gasteiger partial charge in [0.1, 0.15) is 18.1 Å². The zero-order chi connectivity index (χ0) is 17.8. The summed E-state index contributed by atoms with van der Waals surface area (Å²) in [5.41, 5.74) is 5.52. The Morgan fingerprint density at radius 2 is 1.42 bits per heavy atom. The van der Waals surface area contributed by atoms with Crippen molar-refractivity contribution in [3.05, 3.63) is 96.7 Å². The molecule has 0 spiro atoms. The first kappa shape index (κ1) is 16.2. The smallest absolute Gasteiger partial charge is 0.119 e. The maximum absolute atomic E-state index is 5.88. The van der Waals surface area contributed by atoms with Gasteiger partial charge in [0.25, 0.3) is 0 Å². The van der Waals surface area contributed by atoms with Gasteiger partial charge in [-0.1, -0.05) is 60.7 Å². The molecule has 1 heterocycles. The molecular weight excluding hydrogens is 320 g/mol. The van der Waals surface area contributed by atoms with Crippen LogP contribution in [0.5, 0.6) is 5.75 Å². The molecule has 0 saturated heterocycles. The van der Waals surface area contributed by atoms with Crippen LogP contribution in [0.4, 0.5) is 0 Å². The van der Waals surface area contributed by atoms with Crippen LogP contribution in [0, 0.1) is 0 Å². The van der Waals surface area contributed by atoms with E-state index in [9.17, 15) is 0 Å². The lowest BCUT2D eigenvalue weighted by Crippen LogP contribution is -1.95. The van der Waals surface area contributed by atoms with Crippen molar-refractivity contribution in [2.24, 2.45) is 7.05 Å². The Morgan fingerprint density at radius 3 is 2.12 bits per heavy atom. The summed E-state index contributed by atoms with van der Waals surface area (Å²) in [5, 5.41) is 4.66. The molecule has 26 heavy (non-hydrogen) atoms. The van der Waals surface area contributed by atoms with E-state index in [0.29, 0.717) is 6.61 Å². The molecule has 1 aromatic heterocycles. The highest BCUT2D eigenvalue weighted by Gasteiger charge is 2.12. The molecular formula is C23H20N2O. The van der Waals surface area contributed by atoms with E-state index < -0.39 is 0 Å². The average molecular weight is 340 g/mol. The van der Waals surface area contributed by atoms with Crippen molar-refractivity contribution >= 4 is 0 Å². The normalized spacial score (nSPS) is 10.7. The molecule has 3 aromatic carbocycles. The molecule has 4 rings (SSSR count). The van der Waals surface area contributed by atoms with Crippen molar-refractivity contribution in [2.45, 2.75) is 6.61 Å². The molecule has 0 amide bonds. The third-order valence-electron chi connectivity index (χ3n) is 4.29. The minimum absolute atomic E-state index is 0.568. The highest BCUT2D eigenvalue weighted by atomic mass is 16.5. The first-order valence-corrected chi connectivity index (χ1v) is 8.66. The van der Waals surface area contributed by atoms with Gasteiger partial charge in [0.05, 0.1) is 0 Å². The van der Waals surface area contributed by atoms with Crippen LogP contribution >= 0.6 is 0 Å². The van der Waals surface area contributed by atoms with Crippen LogP contribution in [-0.4, -0.2) is 9.78 Å². The van der Waals surface area contributed by atoms with Crippen molar-refractivity contribution < 1.29 is 4.74 Å². The van der Waals surface area contributed by atoms with Gasteiger partial charge in [-0.2, -0.15) is 5.10 Å². The second kappa shape index (κ2) is 7.28. The maximum atomic E-state index is 5.88. The van der Waals surface area contributed by atoms with Gasteiger partial charge in [0.15, 0.2) is 0 Å². The molecule has 3 nitrogen and oxygen atoms in total. The second-order valence-corrected chi connectivity index (χ2v) is 6.23. The van der Waals surface area contributed by atoms with Gasteiger partial charge >= 0.3 is 0 Å². The number of aryl methyl sites for hydroxylation is 1. The van der Waals surface area contributed by atoms with Crippen molar-refractivity contribution in [1.29, 1.82) is 0 Å². The summed E-state index contributed by atoms with van der Waals surface area (Å²) in [6.07, 6.45) is 2.06. The van der Waals surface area contributed by atoms with Gasteiger partial charge < -0.3 is 4.74 Å². The van der Waals surface area contributed by atoms with E-state index in [0.717, 1.165) is 28.1 Å². The third-order valence-corrected chi connectivity index (χ3v) is 4.29. The van der Waals surface area contributed by atoms with E-state index in [-0.39, 0.29) is 0 Å². The lowest BCUT2D eigenvalue weighted by atomic mass is 10.0. The van der Waals surface area contributed by atoms with Gasteiger partial charge in [-0.05, 0) is 35.4 Å². The Hall–Kier alpha value is -3.33. The first-order chi connectivity index (χ1) is 12.8. The molecule has 128 valence electrons. The fraction of sp³-hybridized carbons (Fsp3) is 0.0870. The van der Waals surface area contributed by atoms with E-state index in [2.05, 4.69) is 47.7 Å². The van der Waals surface area contributed by atoms with Gasteiger partial charge in [0, 0.05) is 24.4 Å². The molecule has 0 fully saturated rings. The van der Waals surface area contributed by atoms with E-state index in [4.69, 9.17) is 4.74 Å². The number of nitrogens with zero attached hydrogens (tertiary/aromatic N) is 2. The molecule has 0 unspecified atom stereocenters. The van der Waals surface area contributed by atoms with Crippen molar-refractivity contribution in [1.82, 2.24) is 9.78 Å². The van der Waals surface area contributed by atoms with Crippen molar-refractivity contribution in [3.63, 3.8) is 0 Å². The molecule has 0 radical (unpaired) electrons. The van der Waals surface area contributed by atoms with Crippen LogP contribution in [0.2, 0.25) is 0 Å². The maximum Gasteiger partial charge on any atom is 0.119 e. The summed E-state index contributed by atoms with van der Waals surface area (Å²) >= 11 is 0. The summed E-state index contributed by atoms with van der Waals surface area (Å²) in [6.45, 7) is 0.568. The standard InChI is InChI=1S/C23H20N2O/c1-25-16-22(19-10-6-3-7-11-19)23(24-25)20-12-14-21(15-13-20)26-17-18-8-4-2-5-9-18/h2-16H,17H2,1H3. The Balaban J connectivity index is 1.56. The van der Waals surface area contributed by atoms with E-state index >= 15 is 0 Å². The van der Waals surface area contributed by atoms with E-state index in [1.807, 2.05) is 60.3 Å². The van der Waals surface area contributed by atoms with Gasteiger partial charge in [-0.25, -0.2) is 0 Å². The Morgan fingerprint density at radius 1 is 0.769 bits per heavy atom. The summed E-state index contributed by atoms with van der Waals surface area (Å²) in [7, 11) is 1.95. The summed E-state index contributed by atoms with van der Waals surface area (Å²) < 4.78 is 7.74. The summed E-state index contributed by atoms with van der Waals surface area (Å²) in [4.78, 5) is 0. The third kappa shape index (κ3) is 3.52. The predicted molar refractivity (Wildman–Crippen MR) is 105 cm³/mol. The number of hydrogen-bond donors (Lipinski definition) is 0. The fourth-order valence-electron chi connectivity index (χ4n) is 2.98. The molecule has 4 aromatic rings. The second-order valence-electron chi connectivity index (χ2n) is 6.23. The fourth-order valence-corrected chi connectivity index (χ4v) is 2.98. The van der Waals surface area contributed by atoms with Gasteiger partial charge in [-0.15, -0.1) is 0 Å². The number of benzene rings is 3. The minimum atomic E-state index is 0.568.